The van der Waals surface area contributed by atoms with Gasteiger partial charge >= 0.3 is 0 Å². The largest absolute Gasteiger partial charge is 0.508 e. The number of phenols is 1. The molecule has 0 fully saturated rings. The number of ketones is 1. The first-order chi connectivity index (χ1) is 22.5. The van der Waals surface area contributed by atoms with Crippen LogP contribution >= 0.6 is 0 Å². The van der Waals surface area contributed by atoms with E-state index in [1.807, 2.05) is 13.8 Å². The lowest BCUT2D eigenvalue weighted by atomic mass is 9.99. The molecule has 3 atom stereocenters. The fourth-order valence-electron chi connectivity index (χ4n) is 4.62. The third-order valence-corrected chi connectivity index (χ3v) is 6.86. The number of Topliss-reactive ketones (excluding diaryl/α,β-unsaturated/α-hetero) is 1. The summed E-state index contributed by atoms with van der Waals surface area (Å²) >= 11 is 0. The minimum Gasteiger partial charge on any atom is -0.508 e. The minimum atomic E-state index is -1.22. The molecular formula is C31H45N9O7. The van der Waals surface area contributed by atoms with Crippen molar-refractivity contribution in [1.82, 2.24) is 31.2 Å². The number of carbonyl (C=O) groups excluding carboxylic acids is 5. The van der Waals surface area contributed by atoms with E-state index in [9.17, 15) is 29.1 Å². The standard InChI is InChI=1S/C31H45N9O7/c1-20(2)15-26(38-31(46)27(37-21(3)41)16-22-7-9-24(42)10-8-22)30(45)39-28(29(44)34-11-13-47-14-12-36-40-32)17-25(43)6-4-5-23-18-33-19-35-23/h7-10,18-20,26-28,42H,4-6,11-17H2,1-3H3,(H,33,35)(H,34,44)(H,37,41)(H,38,46)(H,39,45)/t26-,27+,28+/m1/s1. The monoisotopic (exact) mass is 655 g/mol. The molecular weight excluding hydrogens is 610 g/mol. The number of aromatic amines is 1. The number of amides is 4. The van der Waals surface area contributed by atoms with Gasteiger partial charge in [0.2, 0.25) is 23.6 Å². The first-order valence-electron chi connectivity index (χ1n) is 15.5. The smallest absolute Gasteiger partial charge is 0.243 e. The predicted molar refractivity (Wildman–Crippen MR) is 172 cm³/mol. The van der Waals surface area contributed by atoms with Crippen molar-refractivity contribution in [2.75, 3.05) is 26.3 Å². The first-order valence-corrected chi connectivity index (χ1v) is 15.5. The molecule has 0 aliphatic carbocycles. The van der Waals surface area contributed by atoms with Gasteiger partial charge in [-0.05, 0) is 48.4 Å². The molecule has 6 N–H and O–H groups in total. The Labute approximate surface area is 273 Å². The fraction of sp³-hybridized carbons (Fsp3) is 0.548. The highest BCUT2D eigenvalue weighted by molar-refractivity contribution is 5.96. The van der Waals surface area contributed by atoms with Crippen molar-refractivity contribution in [2.45, 2.75) is 77.4 Å². The summed E-state index contributed by atoms with van der Waals surface area (Å²) in [5, 5.41) is 23.6. The van der Waals surface area contributed by atoms with Crippen LogP contribution in [0.5, 0.6) is 5.75 Å². The van der Waals surface area contributed by atoms with E-state index in [-0.39, 0.29) is 69.4 Å². The molecule has 0 aliphatic heterocycles. The van der Waals surface area contributed by atoms with Crippen LogP contribution < -0.4 is 21.3 Å². The van der Waals surface area contributed by atoms with Crippen molar-refractivity contribution >= 4 is 29.4 Å². The number of carbonyl (C=O) groups is 5. The van der Waals surface area contributed by atoms with Gasteiger partial charge in [0, 0.05) is 50.4 Å². The molecule has 16 heteroatoms. The van der Waals surface area contributed by atoms with Crippen molar-refractivity contribution in [1.29, 1.82) is 0 Å². The van der Waals surface area contributed by atoms with Crippen molar-refractivity contribution < 1.29 is 33.8 Å². The number of nitrogens with zero attached hydrogens (tertiary/aromatic N) is 4. The molecule has 0 radical (unpaired) electrons. The van der Waals surface area contributed by atoms with Crippen LogP contribution in [-0.2, 0) is 41.6 Å². The number of azide groups is 1. The Bertz CT molecular complexity index is 1340. The van der Waals surface area contributed by atoms with Crippen LogP contribution in [0.2, 0.25) is 0 Å². The number of hydrogen-bond donors (Lipinski definition) is 6. The van der Waals surface area contributed by atoms with Gasteiger partial charge in [-0.2, -0.15) is 0 Å². The summed E-state index contributed by atoms with van der Waals surface area (Å²) in [5.74, 6) is -2.54. The topological polar surface area (TPSA) is 240 Å². The lowest BCUT2D eigenvalue weighted by Crippen LogP contribution is -2.57. The molecule has 0 unspecified atom stereocenters. The first kappa shape index (κ1) is 38.2. The van der Waals surface area contributed by atoms with E-state index < -0.39 is 41.8 Å². The van der Waals surface area contributed by atoms with Gasteiger partial charge in [-0.15, -0.1) is 0 Å². The van der Waals surface area contributed by atoms with Crippen LogP contribution in [0.15, 0.2) is 41.9 Å². The molecule has 2 rings (SSSR count). The van der Waals surface area contributed by atoms with Crippen LogP contribution in [0.3, 0.4) is 0 Å². The molecule has 2 aromatic rings. The zero-order chi connectivity index (χ0) is 34.6. The number of aromatic nitrogens is 2. The zero-order valence-electron chi connectivity index (χ0n) is 27.0. The van der Waals surface area contributed by atoms with Gasteiger partial charge in [-0.25, -0.2) is 4.98 Å². The second-order valence-electron chi connectivity index (χ2n) is 11.4. The Morgan fingerprint density at radius 1 is 1.00 bits per heavy atom. The van der Waals surface area contributed by atoms with Gasteiger partial charge in [0.25, 0.3) is 0 Å². The molecule has 256 valence electrons. The Morgan fingerprint density at radius 2 is 1.70 bits per heavy atom. The molecule has 0 spiro atoms. The Hall–Kier alpha value is -4.95. The Kier molecular flexibility index (Phi) is 17.0. The highest BCUT2D eigenvalue weighted by Gasteiger charge is 2.31. The molecule has 1 aromatic carbocycles. The third-order valence-electron chi connectivity index (χ3n) is 6.86. The Morgan fingerprint density at radius 3 is 2.34 bits per heavy atom. The SMILES string of the molecule is CC(=O)N[C@@H](Cc1ccc(O)cc1)C(=O)N[C@H](CC(C)C)C(=O)N[C@@H](CC(=O)CCCc1c[nH]cn1)C(=O)NCCOCCN=[N+]=[N-]. The molecule has 16 nitrogen and oxygen atoms in total. The summed E-state index contributed by atoms with van der Waals surface area (Å²) in [7, 11) is 0. The van der Waals surface area contributed by atoms with Gasteiger partial charge in [-0.3, -0.25) is 24.0 Å². The molecule has 47 heavy (non-hydrogen) atoms. The summed E-state index contributed by atoms with van der Waals surface area (Å²) in [6.45, 7) is 5.50. The van der Waals surface area contributed by atoms with E-state index in [0.29, 0.717) is 18.4 Å². The molecule has 0 saturated heterocycles. The maximum absolute atomic E-state index is 13.6. The molecule has 1 aromatic heterocycles. The lowest BCUT2D eigenvalue weighted by molar-refractivity contribution is -0.134. The average molecular weight is 656 g/mol. The lowest BCUT2D eigenvalue weighted by Gasteiger charge is -2.26. The number of ether oxygens (including phenoxy) is 1. The van der Waals surface area contributed by atoms with Crippen molar-refractivity contribution in [3.8, 4) is 5.75 Å². The third kappa shape index (κ3) is 15.7. The molecule has 1 heterocycles. The van der Waals surface area contributed by atoms with Crippen molar-refractivity contribution in [2.24, 2.45) is 11.0 Å². The quantitative estimate of drug-likeness (QED) is 0.0470. The van der Waals surface area contributed by atoms with E-state index >= 15 is 0 Å². The number of benzene rings is 1. The van der Waals surface area contributed by atoms with E-state index in [2.05, 4.69) is 41.3 Å². The second kappa shape index (κ2) is 21.0. The zero-order valence-corrected chi connectivity index (χ0v) is 27.0. The van der Waals surface area contributed by atoms with Crippen molar-refractivity contribution in [3.05, 3.63) is 58.5 Å². The molecule has 0 aliphatic rings. The number of hydrogen-bond acceptors (Lipinski definition) is 9. The number of aromatic hydroxyl groups is 1. The van der Waals surface area contributed by atoms with Gasteiger partial charge in [0.1, 0.15) is 29.7 Å². The van der Waals surface area contributed by atoms with E-state index in [4.69, 9.17) is 10.3 Å². The highest BCUT2D eigenvalue weighted by Crippen LogP contribution is 2.13. The summed E-state index contributed by atoms with van der Waals surface area (Å²) in [5.41, 5.74) is 9.82. The highest BCUT2D eigenvalue weighted by atomic mass is 16.5. The van der Waals surface area contributed by atoms with Crippen LogP contribution in [0.1, 0.15) is 57.7 Å². The van der Waals surface area contributed by atoms with Crippen molar-refractivity contribution in [3.63, 3.8) is 0 Å². The molecule has 0 saturated carbocycles. The summed E-state index contributed by atoms with van der Waals surface area (Å²) in [6, 6.07) is 2.85. The van der Waals surface area contributed by atoms with Crippen LogP contribution in [0, 0.1) is 5.92 Å². The number of imidazole rings is 1. The second-order valence-corrected chi connectivity index (χ2v) is 11.4. The number of H-pyrrole nitrogens is 1. The van der Waals surface area contributed by atoms with Crippen LogP contribution in [-0.4, -0.2) is 88.9 Å². The van der Waals surface area contributed by atoms with E-state index in [0.717, 1.165) is 5.69 Å². The predicted octanol–water partition coefficient (Wildman–Crippen LogP) is 1.60. The normalized spacial score (nSPS) is 12.7. The van der Waals surface area contributed by atoms with Gasteiger partial charge in [0.15, 0.2) is 0 Å². The van der Waals surface area contributed by atoms with Crippen LogP contribution in [0.4, 0.5) is 0 Å². The maximum atomic E-state index is 13.6. The summed E-state index contributed by atoms with van der Waals surface area (Å²) in [4.78, 5) is 74.6. The molecule has 4 amide bonds. The fourth-order valence-corrected chi connectivity index (χ4v) is 4.62. The van der Waals surface area contributed by atoms with E-state index in [1.54, 1.807) is 24.7 Å². The Balaban J connectivity index is 2.13. The number of rotatable bonds is 22. The maximum Gasteiger partial charge on any atom is 0.243 e. The minimum absolute atomic E-state index is 0.0409. The average Bonchev–Trinajstić information content (AvgIpc) is 3.53. The van der Waals surface area contributed by atoms with Gasteiger partial charge < -0.3 is 36.1 Å². The number of nitrogens with one attached hydrogen (secondary N) is 5. The van der Waals surface area contributed by atoms with Crippen LogP contribution in [0.25, 0.3) is 10.4 Å². The molecule has 0 bridgehead atoms. The van der Waals surface area contributed by atoms with Gasteiger partial charge in [-0.1, -0.05) is 31.1 Å². The summed E-state index contributed by atoms with van der Waals surface area (Å²) in [6.07, 6.45) is 4.56. The van der Waals surface area contributed by atoms with Gasteiger partial charge in [0.05, 0.1) is 25.2 Å². The number of aryl methyl sites for hydroxylation is 1. The summed E-state index contributed by atoms with van der Waals surface area (Å²) < 4.78 is 5.31. The van der Waals surface area contributed by atoms with E-state index in [1.165, 1.54) is 19.1 Å². The number of phenolic OH excluding ortho intramolecular Hbond substituents is 1.